The maximum Gasteiger partial charge on any atom is 0.251 e. The van der Waals surface area contributed by atoms with Gasteiger partial charge >= 0.3 is 0 Å². The lowest BCUT2D eigenvalue weighted by molar-refractivity contribution is 0.0949. The normalized spacial score (nSPS) is 19.5. The molecule has 0 saturated carbocycles. The number of nitrogens with zero attached hydrogens (tertiary/aromatic N) is 1. The van der Waals surface area contributed by atoms with Gasteiger partial charge in [-0.15, -0.1) is 0 Å². The van der Waals surface area contributed by atoms with E-state index in [0.717, 1.165) is 36.1 Å². The maximum absolute atomic E-state index is 12.4. The Morgan fingerprint density at radius 3 is 3.05 bits per heavy atom. The number of hydrogen-bond donors (Lipinski definition) is 2. The summed E-state index contributed by atoms with van der Waals surface area (Å²) in [5.74, 6) is 0.602. The number of aromatic nitrogens is 1. The second-order valence-electron chi connectivity index (χ2n) is 6.20. The molecule has 1 aromatic carbocycles. The van der Waals surface area contributed by atoms with Crippen LogP contribution in [0.25, 0.3) is 10.9 Å². The lowest BCUT2D eigenvalue weighted by Gasteiger charge is -2.20. The van der Waals surface area contributed by atoms with Crippen LogP contribution in [0.4, 0.5) is 0 Å². The molecule has 1 aliphatic rings. The highest BCUT2D eigenvalue weighted by molar-refractivity contribution is 6.06. The fraction of sp³-hybridized carbons (Fsp3) is 0.471. The third-order valence-corrected chi connectivity index (χ3v) is 4.44. The van der Waals surface area contributed by atoms with E-state index in [-0.39, 0.29) is 5.91 Å². The topological polar surface area (TPSA) is 48.1 Å². The van der Waals surface area contributed by atoms with E-state index in [1.807, 2.05) is 30.5 Å². The van der Waals surface area contributed by atoms with E-state index >= 15 is 0 Å². The van der Waals surface area contributed by atoms with Crippen LogP contribution in [0, 0.1) is 5.92 Å². The van der Waals surface area contributed by atoms with Crippen molar-refractivity contribution in [3.05, 3.63) is 36.0 Å². The Balaban J connectivity index is 1.61. The van der Waals surface area contributed by atoms with Crippen LogP contribution >= 0.6 is 0 Å². The Kier molecular flexibility index (Phi) is 3.97. The molecule has 1 saturated heterocycles. The molecular formula is C17H23N3O. The molecule has 0 spiro atoms. The zero-order valence-corrected chi connectivity index (χ0v) is 12.7. The maximum atomic E-state index is 12.4. The van der Waals surface area contributed by atoms with Crippen molar-refractivity contribution in [2.24, 2.45) is 5.92 Å². The highest BCUT2D eigenvalue weighted by Crippen LogP contribution is 2.19. The molecule has 0 radical (unpaired) electrons. The summed E-state index contributed by atoms with van der Waals surface area (Å²) in [4.78, 5) is 18.0. The summed E-state index contributed by atoms with van der Waals surface area (Å²) in [6.07, 6.45) is 3.05. The summed E-state index contributed by atoms with van der Waals surface area (Å²) in [5, 5.41) is 4.09. The number of nitrogens with one attached hydrogen (secondary N) is 2. The first-order valence-corrected chi connectivity index (χ1v) is 7.73. The Morgan fingerprint density at radius 2 is 2.29 bits per heavy atom. The minimum absolute atomic E-state index is 0.0307. The Labute approximate surface area is 125 Å². The molecule has 4 nitrogen and oxygen atoms in total. The van der Waals surface area contributed by atoms with Gasteiger partial charge in [-0.1, -0.05) is 6.07 Å². The molecular weight excluding hydrogens is 262 g/mol. The standard InChI is InChI=1S/C17H23N3O/c1-12(2)20-9-7-13(11-20)10-19-17(21)15-4-3-5-16-14(15)6-8-18-16/h3-6,8,12-13,18H,7,9-11H2,1-2H3,(H,19,21). The fourth-order valence-electron chi connectivity index (χ4n) is 3.11. The summed E-state index contributed by atoms with van der Waals surface area (Å²) in [5.41, 5.74) is 1.77. The lowest BCUT2D eigenvalue weighted by atomic mass is 10.1. The van der Waals surface area contributed by atoms with Gasteiger partial charge < -0.3 is 15.2 Å². The van der Waals surface area contributed by atoms with E-state index in [2.05, 4.69) is 29.0 Å². The summed E-state index contributed by atoms with van der Waals surface area (Å²) < 4.78 is 0. The average Bonchev–Trinajstić information content (AvgIpc) is 3.12. The first-order valence-electron chi connectivity index (χ1n) is 7.73. The SMILES string of the molecule is CC(C)N1CCC(CNC(=O)c2cccc3[nH]ccc23)C1. The third-order valence-electron chi connectivity index (χ3n) is 4.44. The number of fused-ring (bicyclic) bond motifs is 1. The monoisotopic (exact) mass is 285 g/mol. The first kappa shape index (κ1) is 14.1. The van der Waals surface area contributed by atoms with Crippen LogP contribution in [0.2, 0.25) is 0 Å². The smallest absolute Gasteiger partial charge is 0.251 e. The number of H-pyrrole nitrogens is 1. The van der Waals surface area contributed by atoms with E-state index in [4.69, 9.17) is 0 Å². The largest absolute Gasteiger partial charge is 0.361 e. The highest BCUT2D eigenvalue weighted by Gasteiger charge is 2.24. The highest BCUT2D eigenvalue weighted by atomic mass is 16.1. The van der Waals surface area contributed by atoms with Crippen LogP contribution in [0.3, 0.4) is 0 Å². The van der Waals surface area contributed by atoms with Gasteiger partial charge in [0.1, 0.15) is 0 Å². The predicted octanol–water partition coefficient (Wildman–Crippen LogP) is 2.63. The van der Waals surface area contributed by atoms with Crippen molar-refractivity contribution in [1.82, 2.24) is 15.2 Å². The Bertz CT molecular complexity index is 632. The van der Waals surface area contributed by atoms with E-state index in [1.54, 1.807) is 0 Å². The quantitative estimate of drug-likeness (QED) is 0.907. The predicted molar refractivity (Wildman–Crippen MR) is 85.4 cm³/mol. The van der Waals surface area contributed by atoms with E-state index in [1.165, 1.54) is 6.42 Å². The summed E-state index contributed by atoms with van der Waals surface area (Å²) >= 11 is 0. The van der Waals surface area contributed by atoms with Gasteiger partial charge in [-0.3, -0.25) is 4.79 Å². The molecule has 2 N–H and O–H groups in total. The van der Waals surface area contributed by atoms with E-state index in [0.29, 0.717) is 12.0 Å². The van der Waals surface area contributed by atoms with Crippen molar-refractivity contribution in [2.45, 2.75) is 26.3 Å². The minimum Gasteiger partial charge on any atom is -0.361 e. The molecule has 1 fully saturated rings. The minimum atomic E-state index is 0.0307. The molecule has 21 heavy (non-hydrogen) atoms. The summed E-state index contributed by atoms with van der Waals surface area (Å²) in [6.45, 7) is 7.46. The molecule has 4 heteroatoms. The second-order valence-corrected chi connectivity index (χ2v) is 6.20. The number of amides is 1. The molecule has 1 unspecified atom stereocenters. The van der Waals surface area contributed by atoms with Gasteiger partial charge in [0.25, 0.3) is 5.91 Å². The molecule has 1 aromatic heterocycles. The molecule has 2 heterocycles. The summed E-state index contributed by atoms with van der Waals surface area (Å²) in [6, 6.07) is 8.35. The van der Waals surface area contributed by atoms with E-state index in [9.17, 15) is 4.79 Å². The van der Waals surface area contributed by atoms with Crippen molar-refractivity contribution in [3.8, 4) is 0 Å². The van der Waals surface area contributed by atoms with Crippen molar-refractivity contribution in [2.75, 3.05) is 19.6 Å². The van der Waals surface area contributed by atoms with Crippen LogP contribution in [0.15, 0.2) is 30.5 Å². The van der Waals surface area contributed by atoms with Crippen molar-refractivity contribution in [1.29, 1.82) is 0 Å². The van der Waals surface area contributed by atoms with Crippen LogP contribution < -0.4 is 5.32 Å². The molecule has 0 aliphatic carbocycles. The van der Waals surface area contributed by atoms with Crippen LogP contribution in [-0.2, 0) is 0 Å². The number of hydrogen-bond acceptors (Lipinski definition) is 2. The zero-order chi connectivity index (χ0) is 14.8. The van der Waals surface area contributed by atoms with Gasteiger partial charge in [0.15, 0.2) is 0 Å². The number of carbonyl (C=O) groups is 1. The van der Waals surface area contributed by atoms with Crippen LogP contribution in [0.1, 0.15) is 30.6 Å². The molecule has 1 amide bonds. The van der Waals surface area contributed by atoms with E-state index < -0.39 is 0 Å². The molecule has 1 atom stereocenters. The van der Waals surface area contributed by atoms with Crippen LogP contribution in [0.5, 0.6) is 0 Å². The van der Waals surface area contributed by atoms with Crippen molar-refractivity contribution in [3.63, 3.8) is 0 Å². The van der Waals surface area contributed by atoms with Gasteiger partial charge in [-0.05, 0) is 50.9 Å². The Hall–Kier alpha value is -1.81. The zero-order valence-electron chi connectivity index (χ0n) is 12.7. The molecule has 0 bridgehead atoms. The average molecular weight is 285 g/mol. The van der Waals surface area contributed by atoms with Crippen molar-refractivity contribution < 1.29 is 4.79 Å². The molecule has 3 rings (SSSR count). The lowest BCUT2D eigenvalue weighted by Crippen LogP contribution is -2.33. The second kappa shape index (κ2) is 5.90. The number of carbonyl (C=O) groups excluding carboxylic acids is 1. The van der Waals surface area contributed by atoms with Gasteiger partial charge in [-0.25, -0.2) is 0 Å². The van der Waals surface area contributed by atoms with Crippen LogP contribution in [-0.4, -0.2) is 41.5 Å². The van der Waals surface area contributed by atoms with Gasteiger partial charge in [0, 0.05) is 41.8 Å². The van der Waals surface area contributed by atoms with Gasteiger partial charge in [0.05, 0.1) is 0 Å². The number of likely N-dealkylation sites (tertiary alicyclic amines) is 1. The molecule has 1 aliphatic heterocycles. The molecule has 2 aromatic rings. The van der Waals surface area contributed by atoms with Gasteiger partial charge in [-0.2, -0.15) is 0 Å². The third kappa shape index (κ3) is 2.95. The Morgan fingerprint density at radius 1 is 1.43 bits per heavy atom. The fourth-order valence-corrected chi connectivity index (χ4v) is 3.11. The van der Waals surface area contributed by atoms with Crippen molar-refractivity contribution >= 4 is 16.8 Å². The van der Waals surface area contributed by atoms with Gasteiger partial charge in [0.2, 0.25) is 0 Å². The molecule has 112 valence electrons. The number of aromatic amines is 1. The first-order chi connectivity index (χ1) is 10.1. The summed E-state index contributed by atoms with van der Waals surface area (Å²) in [7, 11) is 0. The number of benzene rings is 1. The number of rotatable bonds is 4.